The van der Waals surface area contributed by atoms with Crippen molar-refractivity contribution in [3.8, 4) is 0 Å². The van der Waals surface area contributed by atoms with Crippen molar-refractivity contribution in [1.82, 2.24) is 0 Å². The van der Waals surface area contributed by atoms with Crippen LogP contribution in [0.2, 0.25) is 5.02 Å². The first-order valence-electron chi connectivity index (χ1n) is 5.95. The second kappa shape index (κ2) is 5.32. The first kappa shape index (κ1) is 12.8. The Morgan fingerprint density at radius 2 is 1.78 bits per heavy atom. The molecule has 0 aromatic heterocycles. The number of nitrogens with one attached hydrogen (secondary N) is 1. The summed E-state index contributed by atoms with van der Waals surface area (Å²) in [6.07, 6.45) is 0. The van der Waals surface area contributed by atoms with E-state index in [2.05, 4.69) is 12.2 Å². The predicted molar refractivity (Wildman–Crippen MR) is 79.1 cm³/mol. The van der Waals surface area contributed by atoms with Crippen molar-refractivity contribution in [3.05, 3.63) is 58.6 Å². The van der Waals surface area contributed by atoms with E-state index in [1.807, 2.05) is 49.4 Å². The Morgan fingerprint density at radius 3 is 2.39 bits per heavy atom. The van der Waals surface area contributed by atoms with Gasteiger partial charge in [0.2, 0.25) is 0 Å². The summed E-state index contributed by atoms with van der Waals surface area (Å²) < 4.78 is 0. The first-order chi connectivity index (χ1) is 8.58. The highest BCUT2D eigenvalue weighted by atomic mass is 35.5. The van der Waals surface area contributed by atoms with Gasteiger partial charge in [-0.25, -0.2) is 0 Å². The summed E-state index contributed by atoms with van der Waals surface area (Å²) in [7, 11) is 0. The second-order valence-electron chi connectivity index (χ2n) is 4.46. The third-order valence-electron chi connectivity index (χ3n) is 3.04. The number of benzene rings is 2. The van der Waals surface area contributed by atoms with E-state index >= 15 is 0 Å². The largest absolute Gasteiger partial charge is 0.397 e. The van der Waals surface area contributed by atoms with E-state index in [-0.39, 0.29) is 6.04 Å². The minimum absolute atomic E-state index is 0.186. The Morgan fingerprint density at radius 1 is 1.11 bits per heavy atom. The van der Waals surface area contributed by atoms with E-state index in [1.54, 1.807) is 0 Å². The Hall–Kier alpha value is -1.67. The molecule has 0 fully saturated rings. The molecule has 0 heterocycles. The van der Waals surface area contributed by atoms with Crippen molar-refractivity contribution >= 4 is 23.0 Å². The molecule has 3 heteroatoms. The van der Waals surface area contributed by atoms with Crippen molar-refractivity contribution in [3.63, 3.8) is 0 Å². The third-order valence-corrected chi connectivity index (χ3v) is 3.29. The topological polar surface area (TPSA) is 38.0 Å². The minimum Gasteiger partial charge on any atom is -0.397 e. The molecule has 0 bridgehead atoms. The van der Waals surface area contributed by atoms with Crippen LogP contribution >= 0.6 is 11.6 Å². The molecule has 0 aliphatic rings. The van der Waals surface area contributed by atoms with Crippen molar-refractivity contribution < 1.29 is 0 Å². The molecule has 0 radical (unpaired) electrons. The maximum atomic E-state index is 5.99. The number of rotatable bonds is 3. The van der Waals surface area contributed by atoms with Gasteiger partial charge >= 0.3 is 0 Å². The number of hydrogen-bond acceptors (Lipinski definition) is 2. The Balaban J connectivity index is 2.21. The van der Waals surface area contributed by atoms with Crippen LogP contribution in [0.3, 0.4) is 0 Å². The van der Waals surface area contributed by atoms with E-state index < -0.39 is 0 Å². The van der Waals surface area contributed by atoms with Gasteiger partial charge in [0.1, 0.15) is 0 Å². The maximum absolute atomic E-state index is 5.99. The molecular weight excluding hydrogens is 244 g/mol. The Labute approximate surface area is 113 Å². The number of nitrogens with two attached hydrogens (primary N) is 1. The van der Waals surface area contributed by atoms with Gasteiger partial charge in [0.15, 0.2) is 0 Å². The molecule has 0 aliphatic heterocycles. The van der Waals surface area contributed by atoms with Crippen molar-refractivity contribution in [1.29, 1.82) is 0 Å². The van der Waals surface area contributed by atoms with Gasteiger partial charge in [0, 0.05) is 11.1 Å². The van der Waals surface area contributed by atoms with Gasteiger partial charge in [-0.3, -0.25) is 0 Å². The summed E-state index contributed by atoms with van der Waals surface area (Å²) >= 11 is 5.89. The highest BCUT2D eigenvalue weighted by molar-refractivity contribution is 6.30. The third kappa shape index (κ3) is 2.77. The molecule has 1 unspecified atom stereocenters. The van der Waals surface area contributed by atoms with E-state index in [9.17, 15) is 0 Å². The molecule has 2 aromatic rings. The van der Waals surface area contributed by atoms with Gasteiger partial charge in [0.05, 0.1) is 11.4 Å². The molecular formula is C15H17ClN2. The number of nitrogen functional groups attached to an aromatic ring is 1. The molecule has 2 nitrogen and oxygen atoms in total. The predicted octanol–water partition coefficient (Wildman–Crippen LogP) is 4.40. The van der Waals surface area contributed by atoms with Crippen LogP contribution < -0.4 is 11.1 Å². The fourth-order valence-electron chi connectivity index (χ4n) is 1.94. The molecule has 1 atom stereocenters. The van der Waals surface area contributed by atoms with E-state index in [1.165, 1.54) is 5.56 Å². The zero-order valence-corrected chi connectivity index (χ0v) is 11.3. The fraction of sp³-hybridized carbons (Fsp3) is 0.200. The summed E-state index contributed by atoms with van der Waals surface area (Å²) in [5.74, 6) is 0. The fourth-order valence-corrected chi connectivity index (χ4v) is 2.06. The zero-order chi connectivity index (χ0) is 13.1. The summed E-state index contributed by atoms with van der Waals surface area (Å²) in [5.41, 5.74) is 10.1. The van der Waals surface area contributed by atoms with Crippen LogP contribution in [0.25, 0.3) is 0 Å². The summed E-state index contributed by atoms with van der Waals surface area (Å²) in [5, 5.41) is 4.20. The van der Waals surface area contributed by atoms with Crippen LogP contribution in [0, 0.1) is 6.92 Å². The second-order valence-corrected chi connectivity index (χ2v) is 4.89. The Bertz CT molecular complexity index is 514. The molecule has 2 rings (SSSR count). The zero-order valence-electron chi connectivity index (χ0n) is 10.6. The van der Waals surface area contributed by atoms with Gasteiger partial charge in [-0.1, -0.05) is 35.9 Å². The van der Waals surface area contributed by atoms with Crippen LogP contribution in [0.5, 0.6) is 0 Å². The van der Waals surface area contributed by atoms with Crippen LogP contribution in [-0.2, 0) is 0 Å². The van der Waals surface area contributed by atoms with Gasteiger partial charge in [0.25, 0.3) is 0 Å². The molecule has 0 saturated heterocycles. The van der Waals surface area contributed by atoms with Crippen LogP contribution in [0.1, 0.15) is 24.1 Å². The highest BCUT2D eigenvalue weighted by Gasteiger charge is 2.08. The molecule has 94 valence electrons. The molecule has 0 saturated carbocycles. The smallest absolute Gasteiger partial charge is 0.0608 e. The number of anilines is 2. The van der Waals surface area contributed by atoms with Gasteiger partial charge in [-0.15, -0.1) is 0 Å². The van der Waals surface area contributed by atoms with Crippen LogP contribution in [0.15, 0.2) is 42.5 Å². The van der Waals surface area contributed by atoms with Crippen molar-refractivity contribution in [2.45, 2.75) is 19.9 Å². The lowest BCUT2D eigenvalue weighted by atomic mass is 10.1. The molecule has 18 heavy (non-hydrogen) atoms. The average Bonchev–Trinajstić information content (AvgIpc) is 2.34. The van der Waals surface area contributed by atoms with Crippen molar-refractivity contribution in [2.75, 3.05) is 11.1 Å². The lowest BCUT2D eigenvalue weighted by molar-refractivity contribution is 0.883. The summed E-state index contributed by atoms with van der Waals surface area (Å²) in [6, 6.07) is 13.9. The molecule has 0 spiro atoms. The van der Waals surface area contributed by atoms with Crippen molar-refractivity contribution in [2.24, 2.45) is 0 Å². The summed E-state index contributed by atoms with van der Waals surface area (Å²) in [4.78, 5) is 0. The number of para-hydroxylation sites is 1. The lowest BCUT2D eigenvalue weighted by Crippen LogP contribution is -2.09. The van der Waals surface area contributed by atoms with Crippen LogP contribution in [0.4, 0.5) is 11.4 Å². The summed E-state index contributed by atoms with van der Waals surface area (Å²) in [6.45, 7) is 4.16. The van der Waals surface area contributed by atoms with E-state index in [0.717, 1.165) is 22.0 Å². The molecule has 0 amide bonds. The van der Waals surface area contributed by atoms with Gasteiger partial charge in [-0.2, -0.15) is 0 Å². The normalized spacial score (nSPS) is 12.2. The lowest BCUT2D eigenvalue weighted by Gasteiger charge is -2.19. The minimum atomic E-state index is 0.186. The quantitative estimate of drug-likeness (QED) is 0.803. The molecule has 0 aliphatic carbocycles. The standard InChI is InChI=1S/C15H17ClN2/c1-10-4-3-5-14(17)15(10)18-11(2)12-6-8-13(16)9-7-12/h3-9,11,18H,17H2,1-2H3. The van der Waals surface area contributed by atoms with Crippen LogP contribution in [-0.4, -0.2) is 0 Å². The average molecular weight is 261 g/mol. The highest BCUT2D eigenvalue weighted by Crippen LogP contribution is 2.27. The monoisotopic (exact) mass is 260 g/mol. The van der Waals surface area contributed by atoms with Gasteiger partial charge in [-0.05, 0) is 43.2 Å². The SMILES string of the molecule is Cc1cccc(N)c1NC(C)c1ccc(Cl)cc1. The maximum Gasteiger partial charge on any atom is 0.0608 e. The Kier molecular flexibility index (Phi) is 3.78. The number of hydrogen-bond donors (Lipinski definition) is 2. The first-order valence-corrected chi connectivity index (χ1v) is 6.33. The molecule has 3 N–H and O–H groups in total. The van der Waals surface area contributed by atoms with E-state index in [0.29, 0.717) is 0 Å². The molecule has 2 aromatic carbocycles. The van der Waals surface area contributed by atoms with E-state index in [4.69, 9.17) is 17.3 Å². The number of halogens is 1. The number of aryl methyl sites for hydroxylation is 1. The van der Waals surface area contributed by atoms with Gasteiger partial charge < -0.3 is 11.1 Å².